The Bertz CT molecular complexity index is 787. The summed E-state index contributed by atoms with van der Waals surface area (Å²) in [4.78, 5) is 24.2. The molecule has 162 valence electrons. The fraction of sp³-hybridized carbons (Fsp3) is 0.600. The maximum Gasteiger partial charge on any atom is 0.407 e. The fourth-order valence-electron chi connectivity index (χ4n) is 3.25. The molecular formula is C20H31N3O5S. The number of carbonyl (C=O) groups excluding carboxylic acids is 2. The number of carbonyl (C=O) groups is 2. The summed E-state index contributed by atoms with van der Waals surface area (Å²) in [5, 5.41) is 5.33. The van der Waals surface area contributed by atoms with Crippen molar-refractivity contribution in [2.45, 2.75) is 57.0 Å². The van der Waals surface area contributed by atoms with Crippen molar-refractivity contribution in [3.63, 3.8) is 0 Å². The number of nitrogens with one attached hydrogen (secondary N) is 2. The summed E-state index contributed by atoms with van der Waals surface area (Å²) in [6, 6.07) is 5.85. The number of hydrogen-bond acceptors (Lipinski definition) is 5. The lowest BCUT2D eigenvalue weighted by atomic mass is 10.0. The third-order valence-electron chi connectivity index (χ3n) is 4.84. The molecule has 1 unspecified atom stereocenters. The van der Waals surface area contributed by atoms with E-state index < -0.39 is 22.2 Å². The molecule has 1 fully saturated rings. The summed E-state index contributed by atoms with van der Waals surface area (Å²) in [5.74, 6) is -0.101. The van der Waals surface area contributed by atoms with Crippen molar-refractivity contribution in [1.82, 2.24) is 14.9 Å². The second-order valence-electron chi connectivity index (χ2n) is 7.64. The van der Waals surface area contributed by atoms with Crippen molar-refractivity contribution < 1.29 is 22.7 Å². The highest BCUT2D eigenvalue weighted by Gasteiger charge is 2.26. The number of sulfonamides is 1. The third-order valence-corrected chi connectivity index (χ3v) is 6.76. The Hall–Kier alpha value is -2.13. The molecule has 2 N–H and O–H groups in total. The molecule has 29 heavy (non-hydrogen) atoms. The van der Waals surface area contributed by atoms with E-state index in [2.05, 4.69) is 15.4 Å². The number of piperidine rings is 1. The lowest BCUT2D eigenvalue weighted by molar-refractivity contribution is -0.123. The predicted octanol–water partition coefficient (Wildman–Crippen LogP) is 2.25. The highest BCUT2D eigenvalue weighted by Crippen LogP contribution is 2.20. The van der Waals surface area contributed by atoms with Crippen molar-refractivity contribution in [2.75, 3.05) is 20.2 Å². The van der Waals surface area contributed by atoms with Gasteiger partial charge in [-0.15, -0.1) is 0 Å². The molecule has 8 nitrogen and oxygen atoms in total. The van der Waals surface area contributed by atoms with E-state index >= 15 is 0 Å². The molecule has 1 atom stereocenters. The molecule has 1 aromatic rings. The van der Waals surface area contributed by atoms with E-state index in [0.29, 0.717) is 19.5 Å². The Labute approximate surface area is 173 Å². The van der Waals surface area contributed by atoms with Gasteiger partial charge in [0.2, 0.25) is 15.9 Å². The van der Waals surface area contributed by atoms with Crippen LogP contribution in [0.3, 0.4) is 0 Å². The third kappa shape index (κ3) is 6.71. The Morgan fingerprint density at radius 2 is 1.72 bits per heavy atom. The number of benzene rings is 1. The Morgan fingerprint density at radius 3 is 2.28 bits per heavy atom. The van der Waals surface area contributed by atoms with E-state index in [1.54, 1.807) is 24.3 Å². The van der Waals surface area contributed by atoms with Crippen LogP contribution in [0, 0.1) is 5.92 Å². The van der Waals surface area contributed by atoms with Crippen LogP contribution in [0.4, 0.5) is 4.79 Å². The van der Waals surface area contributed by atoms with Gasteiger partial charge in [0.05, 0.1) is 12.0 Å². The van der Waals surface area contributed by atoms with E-state index in [4.69, 9.17) is 0 Å². The van der Waals surface area contributed by atoms with Crippen molar-refractivity contribution >= 4 is 22.0 Å². The summed E-state index contributed by atoms with van der Waals surface area (Å²) in [7, 11) is -2.22. The Morgan fingerprint density at radius 1 is 1.10 bits per heavy atom. The number of ether oxygens (including phenoxy) is 1. The normalized spacial score (nSPS) is 16.3. The molecule has 0 saturated carbocycles. The minimum absolute atomic E-state index is 0.210. The van der Waals surface area contributed by atoms with Crippen LogP contribution in [0.2, 0.25) is 0 Å². The van der Waals surface area contributed by atoms with Gasteiger partial charge in [-0.3, -0.25) is 4.79 Å². The molecule has 1 aliphatic heterocycles. The Balaban J connectivity index is 1.97. The van der Waals surface area contributed by atoms with Crippen LogP contribution >= 0.6 is 0 Å². The van der Waals surface area contributed by atoms with E-state index in [0.717, 1.165) is 24.8 Å². The standard InChI is InChI=1S/C20H31N3O5S/c1-15(2)13-18(22-20(25)28-3)19(24)21-14-16-7-9-17(10-8-16)29(26,27)23-11-5-4-6-12-23/h7-10,15,18H,4-6,11-14H2,1-3H3,(H,21,24)(H,22,25). The number of amides is 2. The maximum absolute atomic E-state index is 12.7. The van der Waals surface area contributed by atoms with Gasteiger partial charge in [0.25, 0.3) is 0 Å². The predicted molar refractivity (Wildman–Crippen MR) is 110 cm³/mol. The second-order valence-corrected chi connectivity index (χ2v) is 9.58. The van der Waals surface area contributed by atoms with E-state index in [9.17, 15) is 18.0 Å². The van der Waals surface area contributed by atoms with Crippen LogP contribution in [0.25, 0.3) is 0 Å². The van der Waals surface area contributed by atoms with Gasteiger partial charge in [-0.2, -0.15) is 4.31 Å². The van der Waals surface area contributed by atoms with E-state index in [1.165, 1.54) is 11.4 Å². The van der Waals surface area contributed by atoms with Gasteiger partial charge in [0.1, 0.15) is 6.04 Å². The second kappa shape index (κ2) is 10.6. The van der Waals surface area contributed by atoms with Crippen LogP contribution in [-0.4, -0.2) is 51.0 Å². The number of methoxy groups -OCH3 is 1. The van der Waals surface area contributed by atoms with Crippen molar-refractivity contribution in [3.8, 4) is 0 Å². The topological polar surface area (TPSA) is 105 Å². The van der Waals surface area contributed by atoms with E-state index in [1.807, 2.05) is 13.8 Å². The molecule has 2 amide bonds. The zero-order valence-electron chi connectivity index (χ0n) is 17.3. The van der Waals surface area contributed by atoms with E-state index in [-0.39, 0.29) is 23.3 Å². The minimum Gasteiger partial charge on any atom is -0.453 e. The smallest absolute Gasteiger partial charge is 0.407 e. The molecular weight excluding hydrogens is 394 g/mol. The van der Waals surface area contributed by atoms with Crippen molar-refractivity contribution in [2.24, 2.45) is 5.92 Å². The summed E-state index contributed by atoms with van der Waals surface area (Å²) < 4.78 is 31.5. The van der Waals surface area contributed by atoms with Crippen LogP contribution in [0.5, 0.6) is 0 Å². The number of hydrogen-bond donors (Lipinski definition) is 2. The molecule has 2 rings (SSSR count). The van der Waals surface area contributed by atoms with Crippen LogP contribution < -0.4 is 10.6 Å². The molecule has 0 aliphatic carbocycles. The first kappa shape index (κ1) is 23.2. The lowest BCUT2D eigenvalue weighted by Crippen LogP contribution is -2.47. The first-order valence-electron chi connectivity index (χ1n) is 9.95. The molecule has 1 aromatic carbocycles. The molecule has 0 bridgehead atoms. The SMILES string of the molecule is COC(=O)NC(CC(C)C)C(=O)NCc1ccc(S(=O)(=O)N2CCCCC2)cc1. The van der Waals surface area contributed by atoms with Gasteiger partial charge in [0, 0.05) is 19.6 Å². The van der Waals surface area contributed by atoms with Crippen molar-refractivity contribution in [3.05, 3.63) is 29.8 Å². The zero-order chi connectivity index (χ0) is 21.4. The Kier molecular flexibility index (Phi) is 8.45. The first-order chi connectivity index (χ1) is 13.7. The largest absolute Gasteiger partial charge is 0.453 e. The highest BCUT2D eigenvalue weighted by molar-refractivity contribution is 7.89. The summed E-state index contributed by atoms with van der Waals surface area (Å²) >= 11 is 0. The van der Waals surface area contributed by atoms with Crippen LogP contribution in [-0.2, 0) is 26.1 Å². The molecule has 0 radical (unpaired) electrons. The van der Waals surface area contributed by atoms with Gasteiger partial charge in [0.15, 0.2) is 0 Å². The average Bonchev–Trinajstić information content (AvgIpc) is 2.72. The summed E-state index contributed by atoms with van der Waals surface area (Å²) in [6.45, 7) is 5.27. The van der Waals surface area contributed by atoms with Crippen LogP contribution in [0.1, 0.15) is 45.1 Å². The summed E-state index contributed by atoms with van der Waals surface area (Å²) in [5.41, 5.74) is 0.775. The minimum atomic E-state index is -3.47. The molecule has 1 saturated heterocycles. The fourth-order valence-corrected chi connectivity index (χ4v) is 4.77. The highest BCUT2D eigenvalue weighted by atomic mass is 32.2. The number of nitrogens with zero attached hydrogens (tertiary/aromatic N) is 1. The quantitative estimate of drug-likeness (QED) is 0.665. The van der Waals surface area contributed by atoms with Gasteiger partial charge >= 0.3 is 6.09 Å². The summed E-state index contributed by atoms with van der Waals surface area (Å²) in [6.07, 6.45) is 2.67. The van der Waals surface area contributed by atoms with Gasteiger partial charge in [-0.25, -0.2) is 13.2 Å². The molecule has 1 heterocycles. The lowest BCUT2D eigenvalue weighted by Gasteiger charge is -2.25. The molecule has 0 aromatic heterocycles. The van der Waals surface area contributed by atoms with Gasteiger partial charge in [-0.05, 0) is 42.9 Å². The van der Waals surface area contributed by atoms with Gasteiger partial charge in [-0.1, -0.05) is 32.4 Å². The van der Waals surface area contributed by atoms with Gasteiger partial charge < -0.3 is 15.4 Å². The van der Waals surface area contributed by atoms with Crippen molar-refractivity contribution in [1.29, 1.82) is 0 Å². The van der Waals surface area contributed by atoms with Crippen LogP contribution in [0.15, 0.2) is 29.2 Å². The molecule has 9 heteroatoms. The molecule has 1 aliphatic rings. The number of alkyl carbamates (subject to hydrolysis) is 1. The number of rotatable bonds is 8. The molecule has 0 spiro atoms. The monoisotopic (exact) mass is 425 g/mol. The maximum atomic E-state index is 12.7. The average molecular weight is 426 g/mol. The first-order valence-corrected chi connectivity index (χ1v) is 11.4. The zero-order valence-corrected chi connectivity index (χ0v) is 18.1.